The van der Waals surface area contributed by atoms with E-state index in [9.17, 15) is 9.59 Å². The summed E-state index contributed by atoms with van der Waals surface area (Å²) < 4.78 is 0. The molecule has 0 fully saturated rings. The molecule has 1 aliphatic carbocycles. The molecule has 15 heavy (non-hydrogen) atoms. The lowest BCUT2D eigenvalue weighted by atomic mass is 9.80. The minimum atomic E-state index is -1.33. The van der Waals surface area contributed by atoms with Crippen LogP contribution >= 0.6 is 0 Å². The van der Waals surface area contributed by atoms with Gasteiger partial charge >= 0.3 is 11.9 Å². The third-order valence-corrected chi connectivity index (χ3v) is 2.26. The van der Waals surface area contributed by atoms with Gasteiger partial charge in [-0.05, 0) is 6.42 Å². The molecule has 4 nitrogen and oxygen atoms in total. The predicted molar refractivity (Wildman–Crippen MR) is 54.4 cm³/mol. The molecule has 80 valence electrons. The third kappa shape index (κ3) is 2.80. The maximum Gasteiger partial charge on any atom is 0.314 e. The fourth-order valence-corrected chi connectivity index (χ4v) is 1.43. The van der Waals surface area contributed by atoms with Crippen molar-refractivity contribution in [2.75, 3.05) is 0 Å². The molecule has 0 aromatic carbocycles. The van der Waals surface area contributed by atoms with E-state index in [-0.39, 0.29) is 6.42 Å². The summed E-state index contributed by atoms with van der Waals surface area (Å²) >= 11 is 0. The fraction of sp³-hybridized carbons (Fsp3) is 0.273. The Hall–Kier alpha value is -1.84. The number of carboxylic acid groups (broad SMARTS) is 2. The first-order chi connectivity index (χ1) is 7.07. The molecule has 0 aromatic rings. The quantitative estimate of drug-likeness (QED) is 0.738. The number of allylic oxidation sites excluding steroid dienone is 5. The van der Waals surface area contributed by atoms with Gasteiger partial charge in [-0.3, -0.25) is 9.59 Å². The number of carboxylic acids is 2. The summed E-state index contributed by atoms with van der Waals surface area (Å²) in [7, 11) is 0. The average Bonchev–Trinajstić information content (AvgIpc) is 2.08. The molecule has 1 atom stereocenters. The molecule has 0 spiro atoms. The second kappa shape index (κ2) is 4.59. The average molecular weight is 208 g/mol. The molecule has 0 radical (unpaired) electrons. The maximum absolute atomic E-state index is 11.1. The first-order valence-corrected chi connectivity index (χ1v) is 4.53. The smallest absolute Gasteiger partial charge is 0.314 e. The molecule has 1 aliphatic rings. The maximum atomic E-state index is 11.1. The zero-order valence-corrected chi connectivity index (χ0v) is 8.09. The normalized spacial score (nSPS) is 30.9. The van der Waals surface area contributed by atoms with Crippen molar-refractivity contribution in [3.05, 3.63) is 36.5 Å². The standard InChI is InChI=1S/C11H12O4/c12-9(13)8-11(10(14)15)6-4-2-1-3-5-7-11/h1-6H,7-8H2,(H,12,13)(H,14,15)/b2-1-,5-3-,6-4+. The summed E-state index contributed by atoms with van der Waals surface area (Å²) in [5, 5.41) is 17.8. The van der Waals surface area contributed by atoms with E-state index in [1.165, 1.54) is 6.08 Å². The fourth-order valence-electron chi connectivity index (χ4n) is 1.43. The van der Waals surface area contributed by atoms with Crippen LogP contribution < -0.4 is 0 Å². The van der Waals surface area contributed by atoms with Crippen LogP contribution in [0.15, 0.2) is 36.5 Å². The van der Waals surface area contributed by atoms with Gasteiger partial charge in [0.15, 0.2) is 0 Å². The van der Waals surface area contributed by atoms with Gasteiger partial charge in [0.1, 0.15) is 0 Å². The molecule has 1 unspecified atom stereocenters. The third-order valence-electron chi connectivity index (χ3n) is 2.26. The van der Waals surface area contributed by atoms with Crippen molar-refractivity contribution in [1.82, 2.24) is 0 Å². The predicted octanol–water partition coefficient (Wildman–Crippen LogP) is 1.60. The van der Waals surface area contributed by atoms with Gasteiger partial charge < -0.3 is 10.2 Å². The number of hydrogen-bond donors (Lipinski definition) is 2. The van der Waals surface area contributed by atoms with Gasteiger partial charge in [0.05, 0.1) is 11.8 Å². The largest absolute Gasteiger partial charge is 0.481 e. The second-order valence-corrected chi connectivity index (χ2v) is 3.41. The topological polar surface area (TPSA) is 74.6 Å². The zero-order valence-electron chi connectivity index (χ0n) is 8.09. The molecule has 0 aliphatic heterocycles. The van der Waals surface area contributed by atoms with Gasteiger partial charge in [-0.1, -0.05) is 36.5 Å². The van der Waals surface area contributed by atoms with Crippen molar-refractivity contribution in [1.29, 1.82) is 0 Å². The van der Waals surface area contributed by atoms with E-state index in [0.29, 0.717) is 0 Å². The van der Waals surface area contributed by atoms with Crippen LogP contribution in [0, 0.1) is 5.41 Å². The zero-order chi connectivity index (χ0) is 11.3. The summed E-state index contributed by atoms with van der Waals surface area (Å²) in [6, 6.07) is 0. The van der Waals surface area contributed by atoms with Crippen molar-refractivity contribution in [3.63, 3.8) is 0 Å². The summed E-state index contributed by atoms with van der Waals surface area (Å²) in [5.74, 6) is -2.22. The highest BCUT2D eigenvalue weighted by Gasteiger charge is 2.37. The highest BCUT2D eigenvalue weighted by molar-refractivity contribution is 5.83. The molecule has 0 bridgehead atoms. The SMILES string of the molecule is O=C(O)CC1(C(=O)O)/C=C/C=C\C=C/C1. The Labute approximate surface area is 87.2 Å². The molecule has 0 saturated carbocycles. The van der Waals surface area contributed by atoms with E-state index >= 15 is 0 Å². The van der Waals surface area contributed by atoms with E-state index in [1.54, 1.807) is 30.4 Å². The van der Waals surface area contributed by atoms with Crippen molar-refractivity contribution in [2.24, 2.45) is 5.41 Å². The Morgan fingerprint density at radius 2 is 1.80 bits per heavy atom. The van der Waals surface area contributed by atoms with Crippen LogP contribution in [0.25, 0.3) is 0 Å². The molecule has 0 heterocycles. The Bertz CT molecular complexity index is 352. The summed E-state index contributed by atoms with van der Waals surface area (Å²) in [6.45, 7) is 0. The Morgan fingerprint density at radius 1 is 1.13 bits per heavy atom. The lowest BCUT2D eigenvalue weighted by Crippen LogP contribution is -2.31. The van der Waals surface area contributed by atoms with Crippen LogP contribution in [-0.4, -0.2) is 22.2 Å². The van der Waals surface area contributed by atoms with E-state index in [1.807, 2.05) is 0 Å². The Morgan fingerprint density at radius 3 is 2.40 bits per heavy atom. The minimum absolute atomic E-state index is 0.190. The first kappa shape index (κ1) is 11.2. The number of rotatable bonds is 3. The Kier molecular flexibility index (Phi) is 3.44. The van der Waals surface area contributed by atoms with Crippen LogP contribution in [0.2, 0.25) is 0 Å². The van der Waals surface area contributed by atoms with Crippen LogP contribution in [-0.2, 0) is 9.59 Å². The first-order valence-electron chi connectivity index (χ1n) is 4.53. The highest BCUT2D eigenvalue weighted by Crippen LogP contribution is 2.30. The lowest BCUT2D eigenvalue weighted by Gasteiger charge is -2.22. The van der Waals surface area contributed by atoms with Gasteiger partial charge in [0, 0.05) is 0 Å². The van der Waals surface area contributed by atoms with Crippen molar-refractivity contribution in [3.8, 4) is 0 Å². The summed E-state index contributed by atoms with van der Waals surface area (Å²) in [6.07, 6.45) is 9.61. The van der Waals surface area contributed by atoms with Gasteiger partial charge in [0.2, 0.25) is 0 Å². The molecule has 2 N–H and O–H groups in total. The van der Waals surface area contributed by atoms with Crippen LogP contribution in [0.5, 0.6) is 0 Å². The van der Waals surface area contributed by atoms with E-state index in [2.05, 4.69) is 0 Å². The highest BCUT2D eigenvalue weighted by atomic mass is 16.4. The van der Waals surface area contributed by atoms with Gasteiger partial charge in [0.25, 0.3) is 0 Å². The second-order valence-electron chi connectivity index (χ2n) is 3.41. The van der Waals surface area contributed by atoms with Crippen molar-refractivity contribution in [2.45, 2.75) is 12.8 Å². The molecule has 0 saturated heterocycles. The lowest BCUT2D eigenvalue weighted by molar-refractivity contribution is -0.152. The summed E-state index contributed by atoms with van der Waals surface area (Å²) in [4.78, 5) is 21.7. The minimum Gasteiger partial charge on any atom is -0.481 e. The van der Waals surface area contributed by atoms with Gasteiger partial charge in [-0.2, -0.15) is 0 Å². The van der Waals surface area contributed by atoms with Crippen LogP contribution in [0.1, 0.15) is 12.8 Å². The summed E-state index contributed by atoms with van der Waals surface area (Å²) in [5.41, 5.74) is -1.33. The number of aliphatic carboxylic acids is 2. The Balaban J connectivity index is 3.03. The van der Waals surface area contributed by atoms with Crippen LogP contribution in [0.4, 0.5) is 0 Å². The number of carbonyl (C=O) groups is 2. The molecule has 4 heteroatoms. The van der Waals surface area contributed by atoms with E-state index in [0.717, 1.165) is 0 Å². The molecule has 0 aromatic heterocycles. The van der Waals surface area contributed by atoms with Crippen molar-refractivity contribution >= 4 is 11.9 Å². The van der Waals surface area contributed by atoms with E-state index < -0.39 is 23.8 Å². The van der Waals surface area contributed by atoms with Gasteiger partial charge in [-0.15, -0.1) is 0 Å². The van der Waals surface area contributed by atoms with Crippen LogP contribution in [0.3, 0.4) is 0 Å². The molecular formula is C11H12O4. The molecule has 0 amide bonds. The van der Waals surface area contributed by atoms with Gasteiger partial charge in [-0.25, -0.2) is 0 Å². The molecular weight excluding hydrogens is 196 g/mol. The molecule has 1 rings (SSSR count). The van der Waals surface area contributed by atoms with Crippen molar-refractivity contribution < 1.29 is 19.8 Å². The number of hydrogen-bond acceptors (Lipinski definition) is 2. The monoisotopic (exact) mass is 208 g/mol. The van der Waals surface area contributed by atoms with E-state index in [4.69, 9.17) is 10.2 Å².